The molecular weight excluding hydrogens is 645 g/mol. The molecule has 0 fully saturated rings. The minimum absolute atomic E-state index is 0.0134. The number of carboxylic acid groups (broad SMARTS) is 3. The summed E-state index contributed by atoms with van der Waals surface area (Å²) in [5.41, 5.74) is 0. The third-order valence-corrected chi connectivity index (χ3v) is 7.76. The molecule has 0 saturated carbocycles. The van der Waals surface area contributed by atoms with Gasteiger partial charge in [0.2, 0.25) is 11.8 Å². The molecule has 0 aliphatic heterocycles. The predicted octanol–water partition coefficient (Wildman–Crippen LogP) is 5.34. The number of unbranched alkanes of at least 4 members (excludes halogenated alkanes) is 14. The van der Waals surface area contributed by atoms with E-state index in [0.717, 1.165) is 38.5 Å². The summed E-state index contributed by atoms with van der Waals surface area (Å²) in [5.74, 6) is -3.39. The normalized spacial score (nSPS) is 12.4. The van der Waals surface area contributed by atoms with E-state index < -0.39 is 30.0 Å². The Morgan fingerprint density at radius 2 is 0.976 bits per heavy atom. The van der Waals surface area contributed by atoms with E-state index in [2.05, 4.69) is 14.2 Å². The quantitative estimate of drug-likeness (QED) is 0.0341. The number of hydrogen-bond donors (Lipinski definition) is 6. The lowest BCUT2D eigenvalue weighted by molar-refractivity contribution is -0.142. The number of carbonyl (C=O) groups excluding carboxylic acids is 2. The van der Waals surface area contributed by atoms with Crippen LogP contribution in [0.4, 0.5) is 0 Å². The maximum atomic E-state index is 12.2. The van der Waals surface area contributed by atoms with Crippen LogP contribution < -0.4 is 14.2 Å². The lowest BCUT2D eigenvalue weighted by Crippen LogP contribution is -2.41. The van der Waals surface area contributed by atoms with E-state index in [0.29, 0.717) is 32.2 Å². The second kappa shape index (κ2) is 26.9. The molecule has 0 unspecified atom stereocenters. The van der Waals surface area contributed by atoms with E-state index in [-0.39, 0.29) is 37.5 Å². The van der Waals surface area contributed by atoms with Gasteiger partial charge in [0.15, 0.2) is 0 Å². The van der Waals surface area contributed by atoms with Gasteiger partial charge in [0.25, 0.3) is 0 Å². The van der Waals surface area contributed by atoms with E-state index >= 15 is 0 Å². The van der Waals surface area contributed by atoms with Crippen molar-refractivity contribution in [3.63, 3.8) is 0 Å². The smallest absolute Gasteiger partial charge is 0.326 e. The lowest BCUT2D eigenvalue weighted by atomic mass is 10.0. The maximum Gasteiger partial charge on any atom is 0.326 e. The molecule has 41 heavy (non-hydrogen) atoms. The van der Waals surface area contributed by atoms with Crippen molar-refractivity contribution in [2.45, 2.75) is 147 Å². The summed E-state index contributed by atoms with van der Waals surface area (Å²) in [6.45, 7) is 0.384. The van der Waals surface area contributed by atoms with Crippen LogP contribution in [0.3, 0.4) is 0 Å². The van der Waals surface area contributed by atoms with Crippen molar-refractivity contribution >= 4 is 52.6 Å². The van der Waals surface area contributed by atoms with E-state index in [4.69, 9.17) is 10.2 Å². The summed E-state index contributed by atoms with van der Waals surface area (Å²) in [4.78, 5) is 57.1. The fraction of sp³-hybridized carbons (Fsp3) is 0.828. The maximum absolute atomic E-state index is 12.2. The van der Waals surface area contributed by atoms with Crippen molar-refractivity contribution in [2.75, 3.05) is 6.54 Å². The van der Waals surface area contributed by atoms with Gasteiger partial charge in [-0.25, -0.2) is 8.32 Å². The van der Waals surface area contributed by atoms with Gasteiger partial charge in [-0.3, -0.25) is 19.2 Å². The van der Waals surface area contributed by atoms with Crippen molar-refractivity contribution in [1.29, 1.82) is 0 Å². The zero-order chi connectivity index (χ0) is 30.7. The Balaban J connectivity index is 3.73. The second-order valence-corrected chi connectivity index (χ2v) is 11.3. The number of aliphatic carboxylic acids is 3. The van der Waals surface area contributed by atoms with Crippen molar-refractivity contribution in [3.8, 4) is 0 Å². The topological polar surface area (TPSA) is 182 Å². The van der Waals surface area contributed by atoms with Crippen molar-refractivity contribution in [2.24, 2.45) is 0 Å². The third-order valence-electron chi connectivity index (χ3n) is 7.01. The van der Waals surface area contributed by atoms with Crippen LogP contribution in [0.15, 0.2) is 0 Å². The first kappa shape index (κ1) is 39.0. The monoisotopic (exact) mass is 697 g/mol. The number of carboxylic acids is 3. The molecule has 0 aromatic heterocycles. The van der Waals surface area contributed by atoms with Crippen LogP contribution in [-0.2, 0) is 24.0 Å². The highest BCUT2D eigenvalue weighted by molar-refractivity contribution is 14.1. The molecule has 0 aliphatic rings. The van der Waals surface area contributed by atoms with Gasteiger partial charge in [0.05, 0.1) is 0 Å². The molecule has 0 aromatic carbocycles. The van der Waals surface area contributed by atoms with Crippen LogP contribution >= 0.6 is 22.9 Å². The summed E-state index contributed by atoms with van der Waals surface area (Å²) in [7, 11) is 0. The zero-order valence-corrected chi connectivity index (χ0v) is 26.6. The predicted molar refractivity (Wildman–Crippen MR) is 166 cm³/mol. The fourth-order valence-corrected chi connectivity index (χ4v) is 5.07. The summed E-state index contributed by atoms with van der Waals surface area (Å²) >= 11 is 1.80. The minimum Gasteiger partial charge on any atom is -0.481 e. The number of halogens is 1. The Morgan fingerprint density at radius 3 is 1.41 bits per heavy atom. The first-order valence-corrected chi connectivity index (χ1v) is 16.3. The molecule has 0 bridgehead atoms. The Hall–Kier alpha value is -1.96. The minimum atomic E-state index is -1.16. The number of hydrogen-bond acceptors (Lipinski definition) is 6. The Morgan fingerprint density at radius 1 is 0.512 bits per heavy atom. The number of amides is 2. The average Bonchev–Trinajstić information content (AvgIpc) is 2.92. The Bertz CT molecular complexity index is 754. The molecule has 0 radical (unpaired) electrons. The Labute approximate surface area is 258 Å². The average molecular weight is 698 g/mol. The number of rotatable bonds is 29. The molecule has 6 N–H and O–H groups in total. The molecule has 0 aromatic rings. The number of nitrogens with one attached hydrogen (secondary N) is 3. The summed E-state index contributed by atoms with van der Waals surface area (Å²) < 4.78 is 2.68. The first-order chi connectivity index (χ1) is 19.7. The summed E-state index contributed by atoms with van der Waals surface area (Å²) in [5, 5.41) is 32.2. The largest absolute Gasteiger partial charge is 0.481 e. The van der Waals surface area contributed by atoms with Gasteiger partial charge < -0.3 is 26.0 Å². The molecular formula is C29H52IN3O8. The summed E-state index contributed by atoms with van der Waals surface area (Å²) in [6, 6.07) is -1.73. The SMILES string of the molecule is O=C(O)CCCCCCCCCCCCCCCCC(=O)N[C@H](CCC(=O)NCCCC[C@H](NI)C(=O)O)C(=O)O. The van der Waals surface area contributed by atoms with Crippen LogP contribution in [0.2, 0.25) is 0 Å². The van der Waals surface area contributed by atoms with Gasteiger partial charge in [-0.15, -0.1) is 0 Å². The van der Waals surface area contributed by atoms with E-state index in [1.807, 2.05) is 0 Å². The standard InChI is InChI=1S/C29H52IN3O8/c30-33-24(29(40)41)17-15-16-22-31-25(34)21-20-23(28(38)39)32-26(35)18-13-11-9-7-5-3-1-2-4-6-8-10-12-14-19-27(36)37/h23-24,33H,1-22H2,(H,31,34)(H,32,35)(H,36,37)(H,38,39)(H,40,41)/t23-,24+/m1/s1. The van der Waals surface area contributed by atoms with Gasteiger partial charge >= 0.3 is 17.9 Å². The molecule has 238 valence electrons. The molecule has 2 atom stereocenters. The van der Waals surface area contributed by atoms with Gasteiger partial charge in [-0.05, 0) is 38.5 Å². The third kappa shape index (κ3) is 25.5. The highest BCUT2D eigenvalue weighted by Crippen LogP contribution is 2.14. The lowest BCUT2D eigenvalue weighted by Gasteiger charge is -2.14. The molecule has 12 heteroatoms. The van der Waals surface area contributed by atoms with E-state index in [1.54, 1.807) is 22.9 Å². The molecule has 0 heterocycles. The summed E-state index contributed by atoms with van der Waals surface area (Å²) in [6.07, 6.45) is 17.5. The van der Waals surface area contributed by atoms with Crippen molar-refractivity contribution < 1.29 is 39.3 Å². The van der Waals surface area contributed by atoms with E-state index in [1.165, 1.54) is 44.9 Å². The van der Waals surface area contributed by atoms with Crippen LogP contribution in [0.1, 0.15) is 135 Å². The van der Waals surface area contributed by atoms with Crippen LogP contribution in [-0.4, -0.2) is 63.7 Å². The molecule has 0 spiro atoms. The van der Waals surface area contributed by atoms with Gasteiger partial charge in [-0.2, -0.15) is 0 Å². The molecule has 0 saturated heterocycles. The first-order valence-electron chi connectivity index (χ1n) is 15.3. The second-order valence-electron chi connectivity index (χ2n) is 10.7. The molecule has 2 amide bonds. The van der Waals surface area contributed by atoms with Gasteiger partial charge in [0.1, 0.15) is 12.1 Å². The van der Waals surface area contributed by atoms with Crippen molar-refractivity contribution in [3.05, 3.63) is 0 Å². The molecule has 0 rings (SSSR count). The Kier molecular flexibility index (Phi) is 25.6. The number of carbonyl (C=O) groups is 5. The highest BCUT2D eigenvalue weighted by Gasteiger charge is 2.21. The van der Waals surface area contributed by atoms with Gasteiger partial charge in [-0.1, -0.05) is 77.0 Å². The molecule has 0 aliphatic carbocycles. The van der Waals surface area contributed by atoms with Crippen LogP contribution in [0.5, 0.6) is 0 Å². The van der Waals surface area contributed by atoms with Crippen LogP contribution in [0, 0.1) is 0 Å². The van der Waals surface area contributed by atoms with E-state index in [9.17, 15) is 29.1 Å². The zero-order valence-electron chi connectivity index (χ0n) is 24.5. The molecule has 11 nitrogen and oxygen atoms in total. The van der Waals surface area contributed by atoms with Gasteiger partial charge in [0, 0.05) is 48.7 Å². The van der Waals surface area contributed by atoms with Crippen LogP contribution in [0.25, 0.3) is 0 Å². The fourth-order valence-electron chi connectivity index (χ4n) is 4.50. The van der Waals surface area contributed by atoms with Crippen molar-refractivity contribution in [1.82, 2.24) is 14.2 Å². The highest BCUT2D eigenvalue weighted by atomic mass is 127.